The van der Waals surface area contributed by atoms with Crippen LogP contribution in [-0.2, 0) is 6.54 Å². The molecule has 0 atom stereocenters. The number of rotatable bonds is 5. The Kier molecular flexibility index (Phi) is 5.42. The average Bonchev–Trinajstić information content (AvgIpc) is 2.60. The molecule has 0 radical (unpaired) electrons. The summed E-state index contributed by atoms with van der Waals surface area (Å²) >= 11 is 0. The topological polar surface area (TPSA) is 29.3 Å². The summed E-state index contributed by atoms with van der Waals surface area (Å²) in [5, 5.41) is 1.88. The van der Waals surface area contributed by atoms with Gasteiger partial charge in [0.25, 0.3) is 0 Å². The number of benzene rings is 2. The molecule has 0 unspecified atom stereocenters. The Morgan fingerprint density at radius 2 is 1.71 bits per heavy atom. The van der Waals surface area contributed by atoms with Gasteiger partial charge in [0.1, 0.15) is 0 Å². The van der Waals surface area contributed by atoms with E-state index >= 15 is 0 Å². The molecular formula is C22H24N2. The number of nitrogens with two attached hydrogens (primary N) is 1. The molecule has 2 nitrogen and oxygen atoms in total. The fourth-order valence-corrected chi connectivity index (χ4v) is 2.88. The highest BCUT2D eigenvalue weighted by molar-refractivity contribution is 5.58. The first kappa shape index (κ1) is 16.4. The number of allylic oxidation sites excluding steroid dienone is 3. The molecule has 0 amide bonds. The van der Waals surface area contributed by atoms with Gasteiger partial charge in [-0.15, -0.1) is 0 Å². The maximum atomic E-state index is 6.21. The first-order valence-corrected chi connectivity index (χ1v) is 8.37. The van der Waals surface area contributed by atoms with Gasteiger partial charge in [-0.3, -0.25) is 5.84 Å². The molecule has 0 aliphatic heterocycles. The Labute approximate surface area is 144 Å². The lowest BCUT2D eigenvalue weighted by Gasteiger charge is -2.19. The third-order valence-electron chi connectivity index (χ3n) is 4.28. The molecule has 0 bridgehead atoms. The summed E-state index contributed by atoms with van der Waals surface area (Å²) < 4.78 is 0. The van der Waals surface area contributed by atoms with Crippen LogP contribution < -0.4 is 5.84 Å². The minimum atomic E-state index is 0.767. The van der Waals surface area contributed by atoms with Gasteiger partial charge < -0.3 is 0 Å². The van der Waals surface area contributed by atoms with Gasteiger partial charge in [-0.05, 0) is 41.2 Å². The van der Waals surface area contributed by atoms with E-state index in [4.69, 9.17) is 5.84 Å². The Hall–Kier alpha value is -2.42. The van der Waals surface area contributed by atoms with Crippen LogP contribution in [0.2, 0.25) is 0 Å². The number of aryl methyl sites for hydroxylation is 1. The second-order valence-electron chi connectivity index (χ2n) is 6.28. The van der Waals surface area contributed by atoms with Crippen LogP contribution in [0.25, 0.3) is 6.08 Å². The predicted octanol–water partition coefficient (Wildman–Crippen LogP) is 4.64. The number of hydrogen-bond donors (Lipinski definition) is 1. The first-order valence-electron chi connectivity index (χ1n) is 8.37. The van der Waals surface area contributed by atoms with Crippen LogP contribution in [0.15, 0.2) is 84.0 Å². The summed E-state index contributed by atoms with van der Waals surface area (Å²) in [6.07, 6.45) is 9.84. The summed E-state index contributed by atoms with van der Waals surface area (Å²) in [6, 6.07) is 18.8. The molecule has 0 aromatic heterocycles. The molecule has 24 heavy (non-hydrogen) atoms. The fourth-order valence-electron chi connectivity index (χ4n) is 2.88. The number of hydrazine groups is 1. The van der Waals surface area contributed by atoms with Crippen molar-refractivity contribution in [2.75, 3.05) is 6.54 Å². The fraction of sp³-hybridized carbons (Fsp3) is 0.182. The smallest absolute Gasteiger partial charge is 0.0385 e. The van der Waals surface area contributed by atoms with Crippen LogP contribution in [-0.4, -0.2) is 11.6 Å². The van der Waals surface area contributed by atoms with E-state index in [1.165, 1.54) is 27.8 Å². The van der Waals surface area contributed by atoms with Crippen molar-refractivity contribution in [2.24, 2.45) is 5.84 Å². The summed E-state index contributed by atoms with van der Waals surface area (Å²) in [7, 11) is 0. The maximum absolute atomic E-state index is 6.21. The van der Waals surface area contributed by atoms with Crippen LogP contribution >= 0.6 is 0 Å². The number of hydrogen-bond acceptors (Lipinski definition) is 2. The quantitative estimate of drug-likeness (QED) is 0.643. The Bertz CT molecular complexity index is 770. The van der Waals surface area contributed by atoms with Crippen molar-refractivity contribution in [2.45, 2.75) is 19.9 Å². The van der Waals surface area contributed by atoms with E-state index in [0.29, 0.717) is 0 Å². The minimum absolute atomic E-state index is 0.767. The summed E-state index contributed by atoms with van der Waals surface area (Å²) in [5.74, 6) is 6.21. The molecule has 3 rings (SSSR count). The molecule has 0 fully saturated rings. The SMILES string of the molecule is Cc1ccccc1CN(N)CC1=CCC(=Cc2ccccc2)C=C1. The highest BCUT2D eigenvalue weighted by Crippen LogP contribution is 2.19. The zero-order valence-corrected chi connectivity index (χ0v) is 14.2. The van der Waals surface area contributed by atoms with E-state index in [0.717, 1.165) is 19.5 Å². The van der Waals surface area contributed by atoms with Gasteiger partial charge in [-0.25, -0.2) is 5.01 Å². The van der Waals surface area contributed by atoms with E-state index in [2.05, 4.69) is 79.8 Å². The molecule has 0 saturated carbocycles. The lowest BCUT2D eigenvalue weighted by molar-refractivity contribution is 0.300. The molecule has 0 heterocycles. The second-order valence-corrected chi connectivity index (χ2v) is 6.28. The first-order chi connectivity index (χ1) is 11.7. The monoisotopic (exact) mass is 316 g/mol. The Balaban J connectivity index is 1.57. The number of nitrogens with zero attached hydrogens (tertiary/aromatic N) is 1. The van der Waals surface area contributed by atoms with Crippen molar-refractivity contribution >= 4 is 6.08 Å². The van der Waals surface area contributed by atoms with Gasteiger partial charge in [0.2, 0.25) is 0 Å². The van der Waals surface area contributed by atoms with E-state index in [-0.39, 0.29) is 0 Å². The highest BCUT2D eigenvalue weighted by atomic mass is 15.4. The van der Waals surface area contributed by atoms with E-state index in [9.17, 15) is 0 Å². The summed E-state index contributed by atoms with van der Waals surface area (Å²) in [6.45, 7) is 3.66. The van der Waals surface area contributed by atoms with Gasteiger partial charge in [0, 0.05) is 13.1 Å². The van der Waals surface area contributed by atoms with E-state index < -0.39 is 0 Å². The molecule has 0 spiro atoms. The Morgan fingerprint density at radius 3 is 2.42 bits per heavy atom. The molecule has 0 saturated heterocycles. The summed E-state index contributed by atoms with van der Waals surface area (Å²) in [4.78, 5) is 0. The normalized spacial score (nSPS) is 15.8. The van der Waals surface area contributed by atoms with Crippen molar-refractivity contribution in [1.29, 1.82) is 0 Å². The third-order valence-corrected chi connectivity index (χ3v) is 4.28. The molecule has 2 N–H and O–H groups in total. The standard InChI is InChI=1S/C22H24N2/c1-18-7-5-6-10-22(18)17-24(23)16-21-13-11-20(12-14-21)15-19-8-3-2-4-9-19/h2-11,13-15H,12,16-17,23H2,1H3. The van der Waals surface area contributed by atoms with Crippen molar-refractivity contribution in [3.05, 3.63) is 101 Å². The van der Waals surface area contributed by atoms with Crippen molar-refractivity contribution < 1.29 is 0 Å². The van der Waals surface area contributed by atoms with Crippen molar-refractivity contribution in [3.63, 3.8) is 0 Å². The largest absolute Gasteiger partial charge is 0.268 e. The lowest BCUT2D eigenvalue weighted by atomic mass is 10.00. The third kappa shape index (κ3) is 4.54. The second kappa shape index (κ2) is 7.91. The minimum Gasteiger partial charge on any atom is -0.268 e. The molecular weight excluding hydrogens is 292 g/mol. The lowest BCUT2D eigenvalue weighted by Crippen LogP contribution is -2.32. The molecule has 122 valence electrons. The van der Waals surface area contributed by atoms with Crippen LogP contribution in [0.5, 0.6) is 0 Å². The maximum Gasteiger partial charge on any atom is 0.0385 e. The molecule has 1 aliphatic carbocycles. The Morgan fingerprint density at radius 1 is 0.958 bits per heavy atom. The molecule has 1 aliphatic rings. The molecule has 2 aromatic carbocycles. The summed E-state index contributed by atoms with van der Waals surface area (Å²) in [5.41, 5.74) is 6.41. The zero-order chi connectivity index (χ0) is 16.8. The van der Waals surface area contributed by atoms with Crippen molar-refractivity contribution in [3.8, 4) is 0 Å². The zero-order valence-electron chi connectivity index (χ0n) is 14.2. The van der Waals surface area contributed by atoms with Gasteiger partial charge >= 0.3 is 0 Å². The van der Waals surface area contributed by atoms with Crippen LogP contribution in [0, 0.1) is 6.92 Å². The van der Waals surface area contributed by atoms with Crippen LogP contribution in [0.3, 0.4) is 0 Å². The van der Waals surface area contributed by atoms with Crippen molar-refractivity contribution in [1.82, 2.24) is 5.01 Å². The van der Waals surface area contributed by atoms with Gasteiger partial charge in [0.05, 0.1) is 0 Å². The van der Waals surface area contributed by atoms with Crippen LogP contribution in [0.1, 0.15) is 23.1 Å². The van der Waals surface area contributed by atoms with Gasteiger partial charge in [-0.1, -0.05) is 78.9 Å². The van der Waals surface area contributed by atoms with Crippen LogP contribution in [0.4, 0.5) is 0 Å². The van der Waals surface area contributed by atoms with E-state index in [1.807, 2.05) is 11.1 Å². The van der Waals surface area contributed by atoms with E-state index in [1.54, 1.807) is 0 Å². The average molecular weight is 316 g/mol. The highest BCUT2D eigenvalue weighted by Gasteiger charge is 2.07. The molecule has 2 aromatic rings. The van der Waals surface area contributed by atoms with Gasteiger partial charge in [-0.2, -0.15) is 0 Å². The molecule has 2 heteroatoms. The predicted molar refractivity (Wildman–Crippen MR) is 102 cm³/mol. The van der Waals surface area contributed by atoms with Gasteiger partial charge in [0.15, 0.2) is 0 Å².